The first kappa shape index (κ1) is 15.5. The molecule has 0 unspecified atom stereocenters. The van der Waals surface area contributed by atoms with Crippen molar-refractivity contribution >= 4 is 12.1 Å². The highest BCUT2D eigenvalue weighted by Gasteiger charge is 2.03. The fourth-order valence-corrected chi connectivity index (χ4v) is 1.74. The summed E-state index contributed by atoms with van der Waals surface area (Å²) in [5, 5.41) is 3.95. The normalized spacial score (nSPS) is 10.4. The van der Waals surface area contributed by atoms with E-state index in [-0.39, 0.29) is 5.91 Å². The molecule has 0 aliphatic heterocycles. The van der Waals surface area contributed by atoms with Crippen molar-refractivity contribution in [3.63, 3.8) is 0 Å². The second kappa shape index (κ2) is 7.78. The summed E-state index contributed by atoms with van der Waals surface area (Å²) in [7, 11) is 0. The van der Waals surface area contributed by atoms with E-state index in [1.807, 2.05) is 31.2 Å². The molecule has 4 nitrogen and oxygen atoms in total. The number of ether oxygens (including phenoxy) is 1. The van der Waals surface area contributed by atoms with Gasteiger partial charge < -0.3 is 4.74 Å². The van der Waals surface area contributed by atoms with Crippen LogP contribution in [0.3, 0.4) is 0 Å². The van der Waals surface area contributed by atoms with Gasteiger partial charge in [-0.05, 0) is 36.8 Å². The van der Waals surface area contributed by atoms with Crippen molar-refractivity contribution in [1.82, 2.24) is 5.43 Å². The summed E-state index contributed by atoms with van der Waals surface area (Å²) >= 11 is 0. The highest BCUT2D eigenvalue weighted by atomic mass is 16.5. The zero-order valence-corrected chi connectivity index (χ0v) is 12.5. The molecule has 0 saturated carbocycles. The number of nitrogens with one attached hydrogen (secondary N) is 1. The largest absolute Gasteiger partial charge is 0.490 e. The number of rotatable bonds is 6. The van der Waals surface area contributed by atoms with Gasteiger partial charge in [0.25, 0.3) is 5.91 Å². The van der Waals surface area contributed by atoms with Gasteiger partial charge >= 0.3 is 0 Å². The number of hydrogen-bond donors (Lipinski definition) is 1. The molecule has 0 fully saturated rings. The number of carbonyl (C=O) groups is 1. The van der Waals surface area contributed by atoms with Gasteiger partial charge in [-0.25, -0.2) is 5.43 Å². The highest BCUT2D eigenvalue weighted by molar-refractivity contribution is 5.94. The van der Waals surface area contributed by atoms with Gasteiger partial charge in [0.05, 0.1) is 6.21 Å². The molecule has 0 aliphatic rings. The Balaban J connectivity index is 1.91. The molecule has 1 amide bonds. The molecule has 1 N–H and O–H groups in total. The second-order valence-corrected chi connectivity index (χ2v) is 4.73. The lowest BCUT2D eigenvalue weighted by atomic mass is 10.2. The van der Waals surface area contributed by atoms with E-state index in [0.29, 0.717) is 17.9 Å². The molecule has 0 spiro atoms. The van der Waals surface area contributed by atoms with Crippen LogP contribution < -0.4 is 10.2 Å². The van der Waals surface area contributed by atoms with Crippen LogP contribution in [0.4, 0.5) is 0 Å². The summed E-state index contributed by atoms with van der Waals surface area (Å²) in [6.45, 7) is 6.04. The zero-order chi connectivity index (χ0) is 15.8. The van der Waals surface area contributed by atoms with E-state index >= 15 is 0 Å². The molecule has 2 rings (SSSR count). The van der Waals surface area contributed by atoms with Crippen LogP contribution in [0.5, 0.6) is 5.75 Å². The van der Waals surface area contributed by atoms with Crippen LogP contribution in [0.15, 0.2) is 66.3 Å². The maximum absolute atomic E-state index is 11.9. The van der Waals surface area contributed by atoms with Gasteiger partial charge in [0.15, 0.2) is 0 Å². The van der Waals surface area contributed by atoms with Crippen molar-refractivity contribution in [3.8, 4) is 5.75 Å². The molecule has 0 heterocycles. The SMILES string of the molecule is C=CCOc1ccc(C(=O)N/N=C/c2ccc(C)cc2)cc1. The van der Waals surface area contributed by atoms with E-state index in [4.69, 9.17) is 4.74 Å². The first-order valence-corrected chi connectivity index (χ1v) is 6.93. The number of nitrogens with zero attached hydrogens (tertiary/aromatic N) is 1. The molecule has 0 bridgehead atoms. The number of benzene rings is 2. The van der Waals surface area contributed by atoms with Gasteiger partial charge in [0.1, 0.15) is 12.4 Å². The van der Waals surface area contributed by atoms with Crippen LogP contribution in [0.1, 0.15) is 21.5 Å². The van der Waals surface area contributed by atoms with Crippen molar-refractivity contribution in [2.24, 2.45) is 5.10 Å². The predicted molar refractivity (Wildman–Crippen MR) is 88.4 cm³/mol. The van der Waals surface area contributed by atoms with Crippen LogP contribution in [0, 0.1) is 6.92 Å². The monoisotopic (exact) mass is 294 g/mol. The lowest BCUT2D eigenvalue weighted by molar-refractivity contribution is 0.0955. The minimum Gasteiger partial charge on any atom is -0.490 e. The Morgan fingerprint density at radius 1 is 1.18 bits per heavy atom. The Bertz CT molecular complexity index is 658. The lowest BCUT2D eigenvalue weighted by Crippen LogP contribution is -2.17. The van der Waals surface area contributed by atoms with Gasteiger partial charge in [-0.1, -0.05) is 42.5 Å². The third kappa shape index (κ3) is 4.59. The van der Waals surface area contributed by atoms with Crippen LogP contribution >= 0.6 is 0 Å². The quantitative estimate of drug-likeness (QED) is 0.505. The molecule has 2 aromatic rings. The topological polar surface area (TPSA) is 50.7 Å². The second-order valence-electron chi connectivity index (χ2n) is 4.73. The molecular weight excluding hydrogens is 276 g/mol. The molecule has 0 aliphatic carbocycles. The van der Waals surface area contributed by atoms with E-state index in [1.54, 1.807) is 36.6 Å². The summed E-state index contributed by atoms with van der Waals surface area (Å²) < 4.78 is 5.36. The number of hydrazone groups is 1. The molecule has 0 aromatic heterocycles. The average Bonchev–Trinajstić information content (AvgIpc) is 2.55. The molecule has 0 atom stereocenters. The number of aryl methyl sites for hydroxylation is 1. The Morgan fingerprint density at radius 2 is 1.86 bits per heavy atom. The zero-order valence-electron chi connectivity index (χ0n) is 12.5. The fourth-order valence-electron chi connectivity index (χ4n) is 1.74. The van der Waals surface area contributed by atoms with Crippen molar-refractivity contribution in [1.29, 1.82) is 0 Å². The maximum atomic E-state index is 11.9. The van der Waals surface area contributed by atoms with Crippen LogP contribution in [-0.4, -0.2) is 18.7 Å². The Morgan fingerprint density at radius 3 is 2.50 bits per heavy atom. The summed E-state index contributed by atoms with van der Waals surface area (Å²) in [6.07, 6.45) is 3.28. The molecule has 22 heavy (non-hydrogen) atoms. The minimum absolute atomic E-state index is 0.265. The maximum Gasteiger partial charge on any atom is 0.271 e. The first-order valence-electron chi connectivity index (χ1n) is 6.93. The Labute approximate surface area is 130 Å². The molecule has 112 valence electrons. The Hall–Kier alpha value is -2.88. The van der Waals surface area contributed by atoms with Crippen molar-refractivity contribution in [2.75, 3.05) is 6.61 Å². The third-order valence-electron chi connectivity index (χ3n) is 2.94. The van der Waals surface area contributed by atoms with Gasteiger partial charge in [-0.15, -0.1) is 0 Å². The predicted octanol–water partition coefficient (Wildman–Crippen LogP) is 3.32. The van der Waals surface area contributed by atoms with Gasteiger partial charge in [0, 0.05) is 5.56 Å². The van der Waals surface area contributed by atoms with Crippen LogP contribution in [0.2, 0.25) is 0 Å². The van der Waals surface area contributed by atoms with Gasteiger partial charge in [-0.3, -0.25) is 4.79 Å². The summed E-state index contributed by atoms with van der Waals surface area (Å²) in [6, 6.07) is 14.7. The van der Waals surface area contributed by atoms with E-state index in [0.717, 1.165) is 5.56 Å². The molecule has 4 heteroatoms. The van der Waals surface area contributed by atoms with E-state index in [2.05, 4.69) is 17.1 Å². The molecule has 2 aromatic carbocycles. The number of hydrogen-bond acceptors (Lipinski definition) is 3. The molecule has 0 radical (unpaired) electrons. The van der Waals surface area contributed by atoms with Gasteiger partial charge in [-0.2, -0.15) is 5.10 Å². The Kier molecular flexibility index (Phi) is 5.49. The number of amides is 1. The third-order valence-corrected chi connectivity index (χ3v) is 2.94. The van der Waals surface area contributed by atoms with Gasteiger partial charge in [0.2, 0.25) is 0 Å². The van der Waals surface area contributed by atoms with E-state index < -0.39 is 0 Å². The van der Waals surface area contributed by atoms with Crippen molar-refractivity contribution in [3.05, 3.63) is 77.9 Å². The highest BCUT2D eigenvalue weighted by Crippen LogP contribution is 2.12. The van der Waals surface area contributed by atoms with E-state index in [1.165, 1.54) is 5.56 Å². The average molecular weight is 294 g/mol. The molecular formula is C18H18N2O2. The summed E-state index contributed by atoms with van der Waals surface area (Å²) in [5.74, 6) is 0.429. The van der Waals surface area contributed by atoms with Crippen LogP contribution in [0.25, 0.3) is 0 Å². The fraction of sp³-hybridized carbons (Fsp3) is 0.111. The first-order chi connectivity index (χ1) is 10.7. The van der Waals surface area contributed by atoms with Crippen LogP contribution in [-0.2, 0) is 0 Å². The number of carbonyl (C=O) groups excluding carboxylic acids is 1. The van der Waals surface area contributed by atoms with E-state index in [9.17, 15) is 4.79 Å². The smallest absolute Gasteiger partial charge is 0.271 e. The lowest BCUT2D eigenvalue weighted by Gasteiger charge is -2.04. The summed E-state index contributed by atoms with van der Waals surface area (Å²) in [4.78, 5) is 11.9. The summed E-state index contributed by atoms with van der Waals surface area (Å²) in [5.41, 5.74) is 5.13. The minimum atomic E-state index is -0.265. The molecule has 0 saturated heterocycles. The van der Waals surface area contributed by atoms with Crippen molar-refractivity contribution < 1.29 is 9.53 Å². The van der Waals surface area contributed by atoms with Crippen molar-refractivity contribution in [2.45, 2.75) is 6.92 Å². The standard InChI is InChI=1S/C18H18N2O2/c1-3-12-22-17-10-8-16(9-11-17)18(21)20-19-13-15-6-4-14(2)5-7-15/h3-11,13H,1,12H2,2H3,(H,20,21)/b19-13+.